The van der Waals surface area contributed by atoms with Crippen molar-refractivity contribution in [1.82, 2.24) is 0 Å². The van der Waals surface area contributed by atoms with Gasteiger partial charge < -0.3 is 4.74 Å². The molecule has 0 atom stereocenters. The van der Waals surface area contributed by atoms with Gasteiger partial charge in [0.2, 0.25) is 0 Å². The van der Waals surface area contributed by atoms with E-state index in [-0.39, 0.29) is 12.4 Å². The lowest BCUT2D eigenvalue weighted by Crippen LogP contribution is -2.10. The van der Waals surface area contributed by atoms with Crippen LogP contribution in [0.25, 0.3) is 0 Å². The molecule has 0 radical (unpaired) electrons. The van der Waals surface area contributed by atoms with Crippen molar-refractivity contribution in [3.63, 3.8) is 0 Å². The average molecular weight is 278 g/mol. The summed E-state index contributed by atoms with van der Waals surface area (Å²) in [5, 5.41) is 0. The van der Waals surface area contributed by atoms with Crippen molar-refractivity contribution in [2.45, 2.75) is 0 Å². The third-order valence-electron chi connectivity index (χ3n) is 0.670. The van der Waals surface area contributed by atoms with Gasteiger partial charge in [0.05, 0.1) is 28.3 Å². The molecule has 0 spiro atoms. The number of sulfone groups is 1. The molecule has 0 fully saturated rings. The van der Waals surface area contributed by atoms with Crippen molar-refractivity contribution in [1.29, 1.82) is 0 Å². The summed E-state index contributed by atoms with van der Waals surface area (Å²) in [6, 6.07) is 0. The van der Waals surface area contributed by atoms with Crippen molar-refractivity contribution in [2.75, 3.05) is 18.6 Å². The van der Waals surface area contributed by atoms with E-state index in [1.54, 1.807) is 0 Å². The number of hydrogen-bond donors (Lipinski definition) is 0. The first-order valence-electron chi connectivity index (χ1n) is 2.42. The van der Waals surface area contributed by atoms with Crippen LogP contribution in [-0.4, -0.2) is 31.0 Å². The van der Waals surface area contributed by atoms with E-state index in [1.165, 1.54) is 22.6 Å². The minimum atomic E-state index is -3.00. The molecule has 4 nitrogen and oxygen atoms in total. The predicted molar refractivity (Wildman–Crippen MR) is 45.1 cm³/mol. The molecule has 0 rings (SSSR count). The summed E-state index contributed by atoms with van der Waals surface area (Å²) < 4.78 is 24.7. The maximum Gasteiger partial charge on any atom is 0.367 e. The summed E-state index contributed by atoms with van der Waals surface area (Å²) in [4.78, 5) is 10.1. The molecule has 6 heteroatoms. The molecule has 0 aromatic heterocycles. The molecule has 0 unspecified atom stereocenters. The van der Waals surface area contributed by atoms with Crippen LogP contribution in [0.1, 0.15) is 0 Å². The van der Waals surface area contributed by atoms with Gasteiger partial charge in [0.1, 0.15) is 6.61 Å². The third kappa shape index (κ3) is 8.15. The van der Waals surface area contributed by atoms with E-state index in [0.29, 0.717) is 0 Å². The highest BCUT2D eigenvalue weighted by atomic mass is 127. The van der Waals surface area contributed by atoms with E-state index in [9.17, 15) is 13.2 Å². The Hall–Kier alpha value is 0.150. The molecule has 0 bridgehead atoms. The van der Waals surface area contributed by atoms with Crippen molar-refractivity contribution >= 4 is 36.4 Å². The molecule has 0 aromatic rings. The van der Waals surface area contributed by atoms with Crippen molar-refractivity contribution < 1.29 is 17.9 Å². The minimum absolute atomic E-state index is 0.0550. The number of rotatable bonds is 3. The first-order chi connectivity index (χ1) is 4.42. The minimum Gasteiger partial charge on any atom is -0.457 e. The molecule has 0 saturated heterocycles. The lowest BCUT2D eigenvalue weighted by Gasteiger charge is -1.97. The molecule has 60 valence electrons. The predicted octanol–water partition coefficient (Wildman–Crippen LogP) is 0.603. The Kier molecular flexibility index (Phi) is 4.18. The smallest absolute Gasteiger partial charge is 0.367 e. The number of ether oxygens (including phenoxy) is 1. The average Bonchev–Trinajstić information content (AvgIpc) is 1.59. The van der Waals surface area contributed by atoms with E-state index in [2.05, 4.69) is 4.74 Å². The van der Waals surface area contributed by atoms with Crippen LogP contribution in [0.3, 0.4) is 0 Å². The molecule has 0 saturated carbocycles. The highest BCUT2D eigenvalue weighted by Crippen LogP contribution is 1.92. The fraction of sp³-hybridized carbons (Fsp3) is 0.750. The molecule has 0 aromatic carbocycles. The summed E-state index contributed by atoms with van der Waals surface area (Å²) in [6.07, 6.45) is 1.09. The first kappa shape index (κ1) is 10.2. The number of carbonyl (C=O) groups is 1. The molecule has 0 N–H and O–H groups in total. The van der Waals surface area contributed by atoms with Gasteiger partial charge in [-0.15, -0.1) is 0 Å². The second kappa shape index (κ2) is 4.12. The van der Waals surface area contributed by atoms with Gasteiger partial charge in [0, 0.05) is 6.26 Å². The second-order valence-corrected chi connectivity index (χ2v) is 4.86. The van der Waals surface area contributed by atoms with Crippen LogP contribution in [0, 0.1) is 0 Å². The van der Waals surface area contributed by atoms with Crippen molar-refractivity contribution in [3.05, 3.63) is 0 Å². The van der Waals surface area contributed by atoms with Crippen LogP contribution in [0.15, 0.2) is 0 Å². The molecule has 0 aliphatic rings. The Morgan fingerprint density at radius 3 is 2.40 bits per heavy atom. The van der Waals surface area contributed by atoms with Gasteiger partial charge in [0.15, 0.2) is 9.84 Å². The number of halogens is 1. The molecule has 0 aliphatic heterocycles. The molecule has 0 amide bonds. The summed E-state index contributed by atoms with van der Waals surface area (Å²) in [5.74, 6) is -0.109. The maximum absolute atomic E-state index is 10.4. The van der Waals surface area contributed by atoms with E-state index in [1.807, 2.05) is 0 Å². The zero-order chi connectivity index (χ0) is 8.20. The number of hydrogen-bond acceptors (Lipinski definition) is 4. The Labute approximate surface area is 73.0 Å². The quantitative estimate of drug-likeness (QED) is 0.560. The van der Waals surface area contributed by atoms with Crippen LogP contribution in [-0.2, 0) is 14.6 Å². The number of carbonyl (C=O) groups excluding carboxylic acids is 1. The van der Waals surface area contributed by atoms with E-state index < -0.39 is 13.8 Å². The molecule has 0 aliphatic carbocycles. The normalized spacial score (nSPS) is 11.0. The topological polar surface area (TPSA) is 60.4 Å². The largest absolute Gasteiger partial charge is 0.457 e. The Morgan fingerprint density at radius 2 is 2.10 bits per heavy atom. The van der Waals surface area contributed by atoms with Crippen molar-refractivity contribution in [3.8, 4) is 0 Å². The first-order valence-corrected chi connectivity index (χ1v) is 5.56. The lowest BCUT2D eigenvalue weighted by atomic mass is 10.9. The molecular weight excluding hydrogens is 271 g/mol. The highest BCUT2D eigenvalue weighted by Gasteiger charge is 2.02. The monoisotopic (exact) mass is 278 g/mol. The van der Waals surface area contributed by atoms with Crippen LogP contribution in [0.4, 0.5) is 4.79 Å². The summed E-state index contributed by atoms with van der Waals surface area (Å²) in [7, 11) is -3.00. The molecule has 0 heterocycles. The van der Waals surface area contributed by atoms with E-state index >= 15 is 0 Å². The van der Waals surface area contributed by atoms with E-state index in [4.69, 9.17) is 0 Å². The lowest BCUT2D eigenvalue weighted by molar-refractivity contribution is 0.186. The zero-order valence-corrected chi connectivity index (χ0v) is 8.31. The third-order valence-corrected chi connectivity index (χ3v) is 1.89. The van der Waals surface area contributed by atoms with Crippen LogP contribution in [0.5, 0.6) is 0 Å². The summed E-state index contributed by atoms with van der Waals surface area (Å²) >= 11 is 1.44. The van der Waals surface area contributed by atoms with Gasteiger partial charge in [-0.1, -0.05) is 0 Å². The SMILES string of the molecule is CS(=O)(=O)CCOC(=O)I. The Morgan fingerprint density at radius 1 is 1.60 bits per heavy atom. The summed E-state index contributed by atoms with van der Waals surface area (Å²) in [6.45, 7) is -0.0550. The van der Waals surface area contributed by atoms with Crippen LogP contribution in [0.2, 0.25) is 0 Å². The Bertz CT molecular complexity index is 207. The highest BCUT2D eigenvalue weighted by molar-refractivity contribution is 14.1. The fourth-order valence-corrected chi connectivity index (χ4v) is 0.880. The standard InChI is InChI=1S/C4H7IO4S/c1-10(7,8)3-2-9-4(5)6/h2-3H2,1H3. The molecule has 10 heavy (non-hydrogen) atoms. The Balaban J connectivity index is 3.49. The van der Waals surface area contributed by atoms with Gasteiger partial charge in [0.25, 0.3) is 0 Å². The fourth-order valence-electron chi connectivity index (χ4n) is 0.273. The van der Waals surface area contributed by atoms with Gasteiger partial charge in [-0.2, -0.15) is 0 Å². The van der Waals surface area contributed by atoms with Gasteiger partial charge in [-0.3, -0.25) is 0 Å². The van der Waals surface area contributed by atoms with E-state index in [0.717, 1.165) is 6.26 Å². The maximum atomic E-state index is 10.4. The van der Waals surface area contributed by atoms with Crippen LogP contribution >= 0.6 is 22.6 Å². The van der Waals surface area contributed by atoms with Gasteiger partial charge in [-0.05, 0) is 0 Å². The van der Waals surface area contributed by atoms with Gasteiger partial charge in [-0.25, -0.2) is 13.2 Å². The van der Waals surface area contributed by atoms with Gasteiger partial charge >= 0.3 is 3.98 Å². The molecular formula is C4H7IO4S. The summed E-state index contributed by atoms with van der Waals surface area (Å²) in [5.41, 5.74) is 0. The van der Waals surface area contributed by atoms with Crippen molar-refractivity contribution in [2.24, 2.45) is 0 Å². The zero-order valence-electron chi connectivity index (χ0n) is 5.33. The second-order valence-electron chi connectivity index (χ2n) is 1.72. The van der Waals surface area contributed by atoms with Crippen LogP contribution < -0.4 is 0 Å².